The average Bonchev–Trinajstić information content (AvgIpc) is 2.69. The summed E-state index contributed by atoms with van der Waals surface area (Å²) in [6.45, 7) is 6.14. The second kappa shape index (κ2) is 4.35. The number of carbonyl (C=O) groups excluding carboxylic acids is 1. The molecule has 0 radical (unpaired) electrons. The van der Waals surface area contributed by atoms with Crippen molar-refractivity contribution in [3.05, 3.63) is 48.7 Å². The van der Waals surface area contributed by atoms with Gasteiger partial charge in [0.25, 0.3) is 0 Å². The summed E-state index contributed by atoms with van der Waals surface area (Å²) in [6, 6.07) is 10.2. The number of aryl methyl sites for hydroxylation is 1. The van der Waals surface area contributed by atoms with Crippen LogP contribution in [0.15, 0.2) is 48.7 Å². The number of allylic oxidation sites excluding steroid dienone is 1. The van der Waals surface area contributed by atoms with Crippen molar-refractivity contribution in [1.29, 1.82) is 0 Å². The standard InChI is InChI=1S/C14H15NO/c1-11(2)14(16)8-10-15-9-7-12-5-3-4-6-13(12)15/h3-7,9H,1,8,10H2,2H3. The van der Waals surface area contributed by atoms with E-state index >= 15 is 0 Å². The number of para-hydroxylation sites is 1. The summed E-state index contributed by atoms with van der Waals surface area (Å²) in [6.07, 6.45) is 2.55. The maximum atomic E-state index is 11.5. The molecule has 82 valence electrons. The fourth-order valence-corrected chi connectivity index (χ4v) is 1.77. The molecular weight excluding hydrogens is 198 g/mol. The maximum absolute atomic E-state index is 11.5. The van der Waals surface area contributed by atoms with Crippen molar-refractivity contribution in [3.63, 3.8) is 0 Å². The normalized spacial score (nSPS) is 10.6. The largest absolute Gasteiger partial charge is 0.347 e. The van der Waals surface area contributed by atoms with Crippen LogP contribution in [-0.2, 0) is 11.3 Å². The van der Waals surface area contributed by atoms with Crippen LogP contribution < -0.4 is 0 Å². The Morgan fingerprint density at radius 3 is 2.81 bits per heavy atom. The highest BCUT2D eigenvalue weighted by molar-refractivity contribution is 5.94. The van der Waals surface area contributed by atoms with Crippen molar-refractivity contribution in [3.8, 4) is 0 Å². The third-order valence-corrected chi connectivity index (χ3v) is 2.74. The van der Waals surface area contributed by atoms with Crippen LogP contribution in [0, 0.1) is 0 Å². The van der Waals surface area contributed by atoms with Crippen molar-refractivity contribution in [2.24, 2.45) is 0 Å². The summed E-state index contributed by atoms with van der Waals surface area (Å²) in [5.74, 6) is 0.137. The van der Waals surface area contributed by atoms with Gasteiger partial charge in [0.2, 0.25) is 0 Å². The number of fused-ring (bicyclic) bond motifs is 1. The van der Waals surface area contributed by atoms with Crippen LogP contribution in [-0.4, -0.2) is 10.4 Å². The molecule has 0 N–H and O–H groups in total. The Balaban J connectivity index is 2.16. The molecular formula is C14H15NO. The van der Waals surface area contributed by atoms with Crippen molar-refractivity contribution >= 4 is 16.7 Å². The molecule has 0 fully saturated rings. The van der Waals surface area contributed by atoms with E-state index in [4.69, 9.17) is 0 Å². The monoisotopic (exact) mass is 213 g/mol. The summed E-state index contributed by atoms with van der Waals surface area (Å²) in [5.41, 5.74) is 1.81. The zero-order chi connectivity index (χ0) is 11.5. The SMILES string of the molecule is C=C(C)C(=O)CCn1ccc2ccccc21. The molecule has 2 rings (SSSR count). The fraction of sp³-hybridized carbons (Fsp3) is 0.214. The second-order valence-electron chi connectivity index (χ2n) is 4.02. The van der Waals surface area contributed by atoms with Gasteiger partial charge in [-0.25, -0.2) is 0 Å². The molecule has 0 atom stereocenters. The minimum Gasteiger partial charge on any atom is -0.347 e. The van der Waals surface area contributed by atoms with Crippen LogP contribution in [0.1, 0.15) is 13.3 Å². The minimum atomic E-state index is 0.137. The molecule has 2 nitrogen and oxygen atoms in total. The van der Waals surface area contributed by atoms with E-state index in [0.717, 1.165) is 6.54 Å². The molecule has 0 aliphatic rings. The number of hydrogen-bond acceptors (Lipinski definition) is 1. The lowest BCUT2D eigenvalue weighted by Gasteiger charge is -2.04. The number of benzene rings is 1. The Bertz CT molecular complexity index is 536. The molecule has 0 saturated heterocycles. The van der Waals surface area contributed by atoms with Crippen LogP contribution in [0.4, 0.5) is 0 Å². The van der Waals surface area contributed by atoms with Gasteiger partial charge < -0.3 is 4.57 Å². The summed E-state index contributed by atoms with van der Waals surface area (Å²) in [7, 11) is 0. The van der Waals surface area contributed by atoms with Crippen LogP contribution >= 0.6 is 0 Å². The highest BCUT2D eigenvalue weighted by atomic mass is 16.1. The first-order valence-corrected chi connectivity index (χ1v) is 5.41. The molecule has 1 aromatic heterocycles. The fourth-order valence-electron chi connectivity index (χ4n) is 1.77. The molecule has 0 aliphatic carbocycles. The van der Waals surface area contributed by atoms with E-state index in [1.807, 2.05) is 18.3 Å². The van der Waals surface area contributed by atoms with Gasteiger partial charge in [-0.1, -0.05) is 24.8 Å². The van der Waals surface area contributed by atoms with Gasteiger partial charge in [-0.05, 0) is 30.0 Å². The van der Waals surface area contributed by atoms with E-state index < -0.39 is 0 Å². The van der Waals surface area contributed by atoms with Crippen LogP contribution in [0.2, 0.25) is 0 Å². The first-order valence-electron chi connectivity index (χ1n) is 5.41. The van der Waals surface area contributed by atoms with Crippen molar-refractivity contribution < 1.29 is 4.79 Å². The van der Waals surface area contributed by atoms with Crippen LogP contribution in [0.5, 0.6) is 0 Å². The second-order valence-corrected chi connectivity index (χ2v) is 4.02. The van der Waals surface area contributed by atoms with Crippen molar-refractivity contribution in [2.45, 2.75) is 19.9 Å². The predicted molar refractivity (Wildman–Crippen MR) is 66.4 cm³/mol. The number of rotatable bonds is 4. The third-order valence-electron chi connectivity index (χ3n) is 2.74. The summed E-state index contributed by atoms with van der Waals surface area (Å²) >= 11 is 0. The molecule has 0 bridgehead atoms. The number of nitrogens with zero attached hydrogens (tertiary/aromatic N) is 1. The lowest BCUT2D eigenvalue weighted by molar-refractivity contribution is -0.115. The zero-order valence-electron chi connectivity index (χ0n) is 9.44. The Kier molecular flexibility index (Phi) is 2.91. The van der Waals surface area contributed by atoms with Gasteiger partial charge in [-0.2, -0.15) is 0 Å². The van der Waals surface area contributed by atoms with Crippen molar-refractivity contribution in [1.82, 2.24) is 4.57 Å². The van der Waals surface area contributed by atoms with Crippen LogP contribution in [0.25, 0.3) is 10.9 Å². The predicted octanol–water partition coefficient (Wildman–Crippen LogP) is 3.18. The number of ketones is 1. The molecule has 2 heteroatoms. The van der Waals surface area contributed by atoms with Gasteiger partial charge in [-0.15, -0.1) is 0 Å². The van der Waals surface area contributed by atoms with Crippen LogP contribution in [0.3, 0.4) is 0 Å². The smallest absolute Gasteiger partial charge is 0.159 e. The maximum Gasteiger partial charge on any atom is 0.159 e. The molecule has 1 heterocycles. The molecule has 0 saturated carbocycles. The Morgan fingerprint density at radius 1 is 1.31 bits per heavy atom. The quantitative estimate of drug-likeness (QED) is 0.715. The van der Waals surface area contributed by atoms with E-state index in [-0.39, 0.29) is 5.78 Å². The van der Waals surface area contributed by atoms with Gasteiger partial charge in [0, 0.05) is 24.7 Å². The minimum absolute atomic E-state index is 0.137. The first kappa shape index (κ1) is 10.7. The number of carbonyl (C=O) groups is 1. The van der Waals surface area contributed by atoms with Gasteiger partial charge >= 0.3 is 0 Å². The molecule has 0 amide bonds. The number of aromatic nitrogens is 1. The summed E-state index contributed by atoms with van der Waals surface area (Å²) < 4.78 is 2.11. The van der Waals surface area contributed by atoms with Gasteiger partial charge in [0.15, 0.2) is 5.78 Å². The topological polar surface area (TPSA) is 22.0 Å². The Morgan fingerprint density at radius 2 is 2.06 bits per heavy atom. The van der Waals surface area contributed by atoms with Gasteiger partial charge in [0.05, 0.1) is 0 Å². The van der Waals surface area contributed by atoms with E-state index in [1.165, 1.54) is 10.9 Å². The highest BCUT2D eigenvalue weighted by Gasteiger charge is 2.04. The highest BCUT2D eigenvalue weighted by Crippen LogP contribution is 2.15. The lowest BCUT2D eigenvalue weighted by atomic mass is 10.1. The average molecular weight is 213 g/mol. The number of Topliss-reactive ketones (excluding diaryl/α,β-unsaturated/α-hetero) is 1. The first-order chi connectivity index (χ1) is 7.68. The Hall–Kier alpha value is -1.83. The van der Waals surface area contributed by atoms with Crippen molar-refractivity contribution in [2.75, 3.05) is 0 Å². The third kappa shape index (κ3) is 2.06. The summed E-state index contributed by atoms with van der Waals surface area (Å²) in [5, 5.41) is 1.21. The van der Waals surface area contributed by atoms with E-state index in [9.17, 15) is 4.79 Å². The molecule has 0 unspecified atom stereocenters. The molecule has 2 aromatic rings. The molecule has 16 heavy (non-hydrogen) atoms. The van der Waals surface area contributed by atoms with E-state index in [1.54, 1.807) is 6.92 Å². The summed E-state index contributed by atoms with van der Waals surface area (Å²) in [4.78, 5) is 11.5. The lowest BCUT2D eigenvalue weighted by Crippen LogP contribution is -2.05. The van der Waals surface area contributed by atoms with Gasteiger partial charge in [0.1, 0.15) is 0 Å². The molecule has 0 aliphatic heterocycles. The Labute approximate surface area is 95.2 Å². The molecule has 0 spiro atoms. The molecule has 1 aromatic carbocycles. The van der Waals surface area contributed by atoms with E-state index in [0.29, 0.717) is 12.0 Å². The zero-order valence-corrected chi connectivity index (χ0v) is 9.44. The van der Waals surface area contributed by atoms with E-state index in [2.05, 4.69) is 29.3 Å². The number of hydrogen-bond donors (Lipinski definition) is 0. The van der Waals surface area contributed by atoms with Gasteiger partial charge in [-0.3, -0.25) is 4.79 Å².